The lowest BCUT2D eigenvalue weighted by Gasteiger charge is -2.15. The van der Waals surface area contributed by atoms with Gasteiger partial charge in [0.05, 0.1) is 0 Å². The first-order valence-corrected chi connectivity index (χ1v) is 7.91. The molecule has 1 aromatic carbocycles. The largest absolute Gasteiger partial charge is 0.484 e. The maximum Gasteiger partial charge on any atom is 0.258 e. The molecule has 0 aliphatic heterocycles. The molecule has 0 aliphatic carbocycles. The quantitative estimate of drug-likeness (QED) is 0.709. The Kier molecular flexibility index (Phi) is 7.64. The first kappa shape index (κ1) is 18.2. The van der Waals surface area contributed by atoms with Crippen LogP contribution in [0.3, 0.4) is 0 Å². The van der Waals surface area contributed by atoms with Crippen molar-refractivity contribution in [3.8, 4) is 5.75 Å². The van der Waals surface area contributed by atoms with Gasteiger partial charge in [-0.2, -0.15) is 0 Å². The summed E-state index contributed by atoms with van der Waals surface area (Å²) in [4.78, 5) is 23.1. The summed E-state index contributed by atoms with van der Waals surface area (Å²) in [5, 5.41) is 2.93. The molecule has 22 heavy (non-hydrogen) atoms. The van der Waals surface area contributed by atoms with Crippen LogP contribution < -0.4 is 10.1 Å². The molecule has 0 saturated heterocycles. The number of hydrogen-bond acceptors (Lipinski definition) is 3. The minimum absolute atomic E-state index is 0.0197. The van der Waals surface area contributed by atoms with Crippen molar-refractivity contribution in [1.29, 1.82) is 0 Å². The predicted molar refractivity (Wildman–Crippen MR) is 88.2 cm³/mol. The number of carbonyl (C=O) groups excluding carboxylic acids is 2. The highest BCUT2D eigenvalue weighted by atomic mass is 16.5. The van der Waals surface area contributed by atoms with E-state index < -0.39 is 0 Å². The van der Waals surface area contributed by atoms with E-state index in [1.54, 1.807) is 24.3 Å². The Balaban J connectivity index is 2.33. The first-order valence-electron chi connectivity index (χ1n) is 7.91. The van der Waals surface area contributed by atoms with E-state index in [1.807, 2.05) is 6.92 Å². The number of ether oxygens (including phenoxy) is 1. The van der Waals surface area contributed by atoms with Crippen molar-refractivity contribution in [2.24, 2.45) is 5.92 Å². The van der Waals surface area contributed by atoms with Crippen molar-refractivity contribution < 1.29 is 14.3 Å². The van der Waals surface area contributed by atoms with Crippen LogP contribution in [0.1, 0.15) is 57.3 Å². The predicted octanol–water partition coefficient (Wildman–Crippen LogP) is 3.60. The molecule has 1 N–H and O–H groups in total. The third kappa shape index (κ3) is 7.25. The molecule has 1 rings (SSSR count). The Bertz CT molecular complexity index is 497. The van der Waals surface area contributed by atoms with E-state index in [0.717, 1.165) is 12.8 Å². The summed E-state index contributed by atoms with van der Waals surface area (Å²) in [7, 11) is 0. The van der Waals surface area contributed by atoms with Crippen molar-refractivity contribution >= 4 is 11.7 Å². The van der Waals surface area contributed by atoms with Gasteiger partial charge in [-0.15, -0.1) is 0 Å². The van der Waals surface area contributed by atoms with Gasteiger partial charge >= 0.3 is 0 Å². The molecule has 1 atom stereocenters. The fourth-order valence-corrected chi connectivity index (χ4v) is 2.17. The van der Waals surface area contributed by atoms with Crippen LogP contribution in [-0.4, -0.2) is 24.3 Å². The summed E-state index contributed by atoms with van der Waals surface area (Å²) in [6, 6.07) is 7.02. The van der Waals surface area contributed by atoms with Crippen molar-refractivity contribution in [3.63, 3.8) is 0 Å². The number of amides is 1. The molecule has 0 aromatic heterocycles. The number of ketones is 1. The summed E-state index contributed by atoms with van der Waals surface area (Å²) in [6.07, 6.45) is 3.26. The number of nitrogens with one attached hydrogen (secondary N) is 1. The average molecular weight is 305 g/mol. The molecular formula is C18H27NO3. The molecular weight excluding hydrogens is 278 g/mol. The van der Waals surface area contributed by atoms with Crippen LogP contribution in [0.4, 0.5) is 0 Å². The molecule has 1 unspecified atom stereocenters. The Morgan fingerprint density at radius 3 is 2.55 bits per heavy atom. The Labute approximate surface area is 133 Å². The number of benzene rings is 1. The van der Waals surface area contributed by atoms with Gasteiger partial charge in [0.2, 0.25) is 0 Å². The Morgan fingerprint density at radius 1 is 1.18 bits per heavy atom. The molecule has 4 nitrogen and oxygen atoms in total. The van der Waals surface area contributed by atoms with Crippen LogP contribution >= 0.6 is 0 Å². The van der Waals surface area contributed by atoms with Crippen LogP contribution in [0.25, 0.3) is 0 Å². The van der Waals surface area contributed by atoms with Gasteiger partial charge in [-0.1, -0.05) is 38.8 Å². The van der Waals surface area contributed by atoms with Gasteiger partial charge in [-0.3, -0.25) is 9.59 Å². The minimum Gasteiger partial charge on any atom is -0.484 e. The van der Waals surface area contributed by atoms with E-state index in [4.69, 9.17) is 4.74 Å². The van der Waals surface area contributed by atoms with Crippen LogP contribution in [0.15, 0.2) is 24.3 Å². The summed E-state index contributed by atoms with van der Waals surface area (Å²) < 4.78 is 5.44. The summed E-state index contributed by atoms with van der Waals surface area (Å²) in [6.45, 7) is 7.88. The molecule has 0 heterocycles. The molecule has 0 fully saturated rings. The normalized spacial score (nSPS) is 12.0. The number of carbonyl (C=O) groups is 2. The first-order chi connectivity index (χ1) is 10.4. The lowest BCUT2D eigenvalue weighted by molar-refractivity contribution is -0.123. The maximum absolute atomic E-state index is 11.8. The number of rotatable bonds is 9. The standard InChI is InChI=1S/C18H27NO3/c1-13(2)7-5-8-14(3)19-18(21)12-22-17-10-6-9-16(11-17)15(4)20/h6,9-11,13-14H,5,7-8,12H2,1-4H3,(H,19,21). The lowest BCUT2D eigenvalue weighted by Crippen LogP contribution is -2.36. The molecule has 0 spiro atoms. The second-order valence-corrected chi connectivity index (χ2v) is 6.17. The third-order valence-electron chi connectivity index (χ3n) is 3.44. The lowest BCUT2D eigenvalue weighted by atomic mass is 10.0. The van der Waals surface area contributed by atoms with Gasteiger partial charge in [-0.05, 0) is 38.3 Å². The zero-order valence-electron chi connectivity index (χ0n) is 14.0. The molecule has 4 heteroatoms. The van der Waals surface area contributed by atoms with Gasteiger partial charge in [0.15, 0.2) is 12.4 Å². The monoisotopic (exact) mass is 305 g/mol. The zero-order chi connectivity index (χ0) is 16.5. The topological polar surface area (TPSA) is 55.4 Å². The van der Waals surface area contributed by atoms with Crippen LogP contribution in [0.2, 0.25) is 0 Å². The molecule has 0 bridgehead atoms. The van der Waals surface area contributed by atoms with Gasteiger partial charge < -0.3 is 10.1 Å². The highest BCUT2D eigenvalue weighted by molar-refractivity contribution is 5.94. The van der Waals surface area contributed by atoms with Crippen molar-refractivity contribution in [1.82, 2.24) is 5.32 Å². The summed E-state index contributed by atoms with van der Waals surface area (Å²) >= 11 is 0. The summed E-state index contributed by atoms with van der Waals surface area (Å²) in [5.74, 6) is 1.08. The van der Waals surface area contributed by atoms with Crippen LogP contribution in [0, 0.1) is 5.92 Å². The zero-order valence-corrected chi connectivity index (χ0v) is 14.0. The van der Waals surface area contributed by atoms with E-state index in [1.165, 1.54) is 13.3 Å². The van der Waals surface area contributed by atoms with Gasteiger partial charge in [0.25, 0.3) is 5.91 Å². The highest BCUT2D eigenvalue weighted by Crippen LogP contribution is 2.13. The third-order valence-corrected chi connectivity index (χ3v) is 3.44. The van der Waals surface area contributed by atoms with Crippen LogP contribution in [0.5, 0.6) is 5.75 Å². The number of Topliss-reactive ketones (excluding diaryl/α,β-unsaturated/α-hetero) is 1. The van der Waals surface area contributed by atoms with E-state index in [9.17, 15) is 9.59 Å². The van der Waals surface area contributed by atoms with E-state index >= 15 is 0 Å². The molecule has 0 saturated carbocycles. The Morgan fingerprint density at radius 2 is 1.91 bits per heavy atom. The van der Waals surface area contributed by atoms with Crippen molar-refractivity contribution in [2.45, 2.75) is 53.0 Å². The molecule has 1 amide bonds. The van der Waals surface area contributed by atoms with E-state index in [-0.39, 0.29) is 24.3 Å². The fourth-order valence-electron chi connectivity index (χ4n) is 2.17. The van der Waals surface area contributed by atoms with Gasteiger partial charge in [-0.25, -0.2) is 0 Å². The second kappa shape index (κ2) is 9.23. The minimum atomic E-state index is -0.134. The second-order valence-electron chi connectivity index (χ2n) is 6.17. The number of hydrogen-bond donors (Lipinski definition) is 1. The van der Waals surface area contributed by atoms with Crippen molar-refractivity contribution in [3.05, 3.63) is 29.8 Å². The molecule has 122 valence electrons. The molecule has 0 aliphatic rings. The maximum atomic E-state index is 11.8. The molecule has 1 aromatic rings. The SMILES string of the molecule is CC(=O)c1cccc(OCC(=O)NC(C)CCCC(C)C)c1. The smallest absolute Gasteiger partial charge is 0.258 e. The average Bonchev–Trinajstić information content (AvgIpc) is 2.45. The fraction of sp³-hybridized carbons (Fsp3) is 0.556. The highest BCUT2D eigenvalue weighted by Gasteiger charge is 2.09. The van der Waals surface area contributed by atoms with E-state index in [2.05, 4.69) is 19.2 Å². The van der Waals surface area contributed by atoms with Crippen molar-refractivity contribution in [2.75, 3.05) is 6.61 Å². The van der Waals surface area contributed by atoms with Crippen LogP contribution in [-0.2, 0) is 4.79 Å². The molecule has 0 radical (unpaired) electrons. The van der Waals surface area contributed by atoms with Gasteiger partial charge in [0, 0.05) is 11.6 Å². The van der Waals surface area contributed by atoms with E-state index in [0.29, 0.717) is 17.2 Å². The van der Waals surface area contributed by atoms with Gasteiger partial charge in [0.1, 0.15) is 5.75 Å². The Hall–Kier alpha value is -1.84. The summed E-state index contributed by atoms with van der Waals surface area (Å²) in [5.41, 5.74) is 0.583.